The Balaban J connectivity index is 0.000000226. The van der Waals surface area contributed by atoms with Crippen LogP contribution in [-0.2, 0) is 14.4 Å². The first-order valence-electron chi connectivity index (χ1n) is 16.5. The van der Waals surface area contributed by atoms with Gasteiger partial charge in [-0.2, -0.15) is 0 Å². The van der Waals surface area contributed by atoms with Crippen molar-refractivity contribution in [1.82, 2.24) is 29.4 Å². The van der Waals surface area contributed by atoms with E-state index in [0.29, 0.717) is 32.1 Å². The molecule has 3 aliphatic heterocycles. The van der Waals surface area contributed by atoms with Crippen LogP contribution in [0.4, 0.5) is 0 Å². The van der Waals surface area contributed by atoms with Crippen LogP contribution in [0.2, 0.25) is 0 Å². The summed E-state index contributed by atoms with van der Waals surface area (Å²) in [6, 6.07) is 0.728. The summed E-state index contributed by atoms with van der Waals surface area (Å²) < 4.78 is 16.0. The third-order valence-electron chi connectivity index (χ3n) is 7.13. The second-order valence-electron chi connectivity index (χ2n) is 15.8. The Labute approximate surface area is 254 Å². The quantitative estimate of drug-likeness (QED) is 0.509. The minimum absolute atomic E-state index is 0.122. The Morgan fingerprint density at radius 2 is 0.976 bits per heavy atom. The fourth-order valence-corrected chi connectivity index (χ4v) is 5.10. The van der Waals surface area contributed by atoms with Crippen molar-refractivity contribution in [3.05, 3.63) is 0 Å². The smallest absolute Gasteiger partial charge is 0.236 e. The molecule has 3 amide bonds. The lowest BCUT2D eigenvalue weighted by molar-refractivity contribution is -0.138. The zero-order valence-electron chi connectivity index (χ0n) is 30.2. The first kappa shape index (κ1) is 32.2. The zero-order valence-corrected chi connectivity index (χ0v) is 28.2. The van der Waals surface area contributed by atoms with E-state index >= 15 is 0 Å². The molecule has 0 radical (unpaired) electrons. The molecule has 0 N–H and O–H groups in total. The molecule has 4 rings (SSSR count). The molecule has 238 valence electrons. The van der Waals surface area contributed by atoms with Gasteiger partial charge < -0.3 is 14.7 Å². The Morgan fingerprint density at radius 1 is 0.585 bits per heavy atom. The highest BCUT2D eigenvalue weighted by molar-refractivity contribution is 5.80. The summed E-state index contributed by atoms with van der Waals surface area (Å²) in [4.78, 5) is 46.9. The maximum absolute atomic E-state index is 11.9. The van der Waals surface area contributed by atoms with E-state index in [1.54, 1.807) is 0 Å². The number of nitrogens with zero attached hydrogens (tertiary/aromatic N) is 6. The first-order valence-corrected chi connectivity index (χ1v) is 15.5. The van der Waals surface area contributed by atoms with E-state index in [0.717, 1.165) is 51.9 Å². The highest BCUT2D eigenvalue weighted by Crippen LogP contribution is 2.28. The van der Waals surface area contributed by atoms with Gasteiger partial charge in [0.1, 0.15) is 0 Å². The van der Waals surface area contributed by atoms with Crippen LogP contribution >= 0.6 is 0 Å². The van der Waals surface area contributed by atoms with E-state index in [1.807, 2.05) is 49.6 Å². The molecule has 3 saturated heterocycles. The van der Waals surface area contributed by atoms with Crippen molar-refractivity contribution in [2.45, 2.75) is 81.2 Å². The van der Waals surface area contributed by atoms with Gasteiger partial charge in [-0.15, -0.1) is 0 Å². The summed E-state index contributed by atoms with van der Waals surface area (Å²) in [5, 5.41) is 0. The van der Waals surface area contributed by atoms with Crippen molar-refractivity contribution in [2.75, 3.05) is 92.6 Å². The molecule has 1 saturated carbocycles. The summed E-state index contributed by atoms with van der Waals surface area (Å²) in [5.74, 6) is 0.468. The number of likely N-dealkylation sites (N-methyl/N-ethyl adjacent to an activating group) is 2. The number of carbonyl (C=O) groups excluding carboxylic acids is 3. The molecule has 0 aromatic heterocycles. The van der Waals surface area contributed by atoms with E-state index in [-0.39, 0.29) is 22.6 Å². The monoisotopic (exact) mass is 581 g/mol. The SMILES string of the molecule is CC(C)(C)CN1CCN(C2CC2)CC1=O.CN1CCN(CC(C)(C)C)C(=O)C1.[2H]C([2H])(N1CCN(C)CC1=O)C(C)(C)C. The van der Waals surface area contributed by atoms with Crippen LogP contribution < -0.4 is 0 Å². The minimum atomic E-state index is -1.58. The molecule has 1 aliphatic carbocycles. The summed E-state index contributed by atoms with van der Waals surface area (Å²) in [6.45, 7) is 25.3. The predicted octanol–water partition coefficient (Wildman–Crippen LogP) is 2.95. The Bertz CT molecular complexity index is 952. The molecule has 0 aromatic carbocycles. The highest BCUT2D eigenvalue weighted by Gasteiger charge is 2.35. The topological polar surface area (TPSA) is 70.7 Å². The molecule has 0 spiro atoms. The number of amides is 3. The molecule has 0 unspecified atom stereocenters. The van der Waals surface area contributed by atoms with Gasteiger partial charge in [0.25, 0.3) is 0 Å². The predicted molar refractivity (Wildman–Crippen MR) is 168 cm³/mol. The second-order valence-corrected chi connectivity index (χ2v) is 15.8. The zero-order chi connectivity index (χ0) is 33.0. The van der Waals surface area contributed by atoms with Gasteiger partial charge in [-0.1, -0.05) is 62.3 Å². The average molecular weight is 581 g/mol. The van der Waals surface area contributed by atoms with Crippen LogP contribution in [0, 0.1) is 16.2 Å². The first-order chi connectivity index (χ1) is 19.5. The molecule has 9 nitrogen and oxygen atoms in total. The van der Waals surface area contributed by atoms with Crippen molar-refractivity contribution < 1.29 is 17.1 Å². The fraction of sp³-hybridized carbons (Fsp3) is 0.906. The van der Waals surface area contributed by atoms with Crippen molar-refractivity contribution in [3.63, 3.8) is 0 Å². The molecule has 0 bridgehead atoms. The van der Waals surface area contributed by atoms with Crippen LogP contribution in [0.3, 0.4) is 0 Å². The molecule has 4 fully saturated rings. The minimum Gasteiger partial charge on any atom is -0.340 e. The summed E-state index contributed by atoms with van der Waals surface area (Å²) in [7, 11) is 3.87. The lowest BCUT2D eigenvalue weighted by atomic mass is 9.95. The van der Waals surface area contributed by atoms with E-state index in [1.165, 1.54) is 17.7 Å². The maximum atomic E-state index is 11.9. The number of hydrogen-bond acceptors (Lipinski definition) is 6. The largest absolute Gasteiger partial charge is 0.340 e. The number of rotatable bonds is 4. The van der Waals surface area contributed by atoms with Crippen LogP contribution in [0.15, 0.2) is 0 Å². The maximum Gasteiger partial charge on any atom is 0.236 e. The normalized spacial score (nSPS) is 23.4. The summed E-state index contributed by atoms with van der Waals surface area (Å²) in [5.41, 5.74) is -0.123. The third kappa shape index (κ3) is 14.3. The summed E-state index contributed by atoms with van der Waals surface area (Å²) in [6.07, 6.45) is 2.60. The second kappa shape index (κ2) is 14.6. The van der Waals surface area contributed by atoms with E-state index in [9.17, 15) is 14.4 Å². The van der Waals surface area contributed by atoms with Gasteiger partial charge in [0.15, 0.2) is 0 Å². The number of piperazine rings is 3. The molecular formula is C32H62N6O3. The molecular weight excluding hydrogens is 516 g/mol. The van der Waals surface area contributed by atoms with E-state index < -0.39 is 11.9 Å². The molecule has 4 aliphatic rings. The van der Waals surface area contributed by atoms with Gasteiger partial charge in [-0.05, 0) is 43.2 Å². The van der Waals surface area contributed by atoms with E-state index in [2.05, 4.69) is 51.3 Å². The van der Waals surface area contributed by atoms with Gasteiger partial charge in [-0.25, -0.2) is 0 Å². The van der Waals surface area contributed by atoms with Crippen LogP contribution in [-0.4, -0.2) is 146 Å². The third-order valence-corrected chi connectivity index (χ3v) is 7.13. The molecule has 3 heterocycles. The highest BCUT2D eigenvalue weighted by atomic mass is 16.2. The fourth-order valence-electron chi connectivity index (χ4n) is 5.10. The van der Waals surface area contributed by atoms with Crippen molar-refractivity contribution in [1.29, 1.82) is 0 Å². The number of hydrogen-bond donors (Lipinski definition) is 0. The van der Waals surface area contributed by atoms with Crippen molar-refractivity contribution >= 4 is 17.7 Å². The van der Waals surface area contributed by atoms with Crippen molar-refractivity contribution in [2.24, 2.45) is 16.2 Å². The van der Waals surface area contributed by atoms with Gasteiger partial charge in [0.2, 0.25) is 17.7 Å². The Hall–Kier alpha value is -1.71. The van der Waals surface area contributed by atoms with Gasteiger partial charge in [0.05, 0.1) is 19.6 Å². The Morgan fingerprint density at radius 3 is 1.32 bits per heavy atom. The lowest BCUT2D eigenvalue weighted by Gasteiger charge is -2.37. The molecule has 0 atom stereocenters. The summed E-state index contributed by atoms with van der Waals surface area (Å²) >= 11 is 0. The van der Waals surface area contributed by atoms with Crippen LogP contribution in [0.5, 0.6) is 0 Å². The standard InChI is InChI=1S/C12H22N2O.2C10H20N2O/c1-12(2,3)9-14-7-6-13(8-11(14)15)10-4-5-10;2*1-10(2,3)8-12-6-5-11(4)7-9(12)13/h10H,4-9H2,1-3H3;2*5-8H2,1-4H3/i;8D2;. The molecule has 41 heavy (non-hydrogen) atoms. The Kier molecular flexibility index (Phi) is 11.5. The van der Waals surface area contributed by atoms with E-state index in [4.69, 9.17) is 2.74 Å². The number of carbonyl (C=O) groups is 3. The van der Waals surface area contributed by atoms with Gasteiger partial charge >= 0.3 is 0 Å². The van der Waals surface area contributed by atoms with Crippen LogP contribution in [0.1, 0.15) is 77.9 Å². The van der Waals surface area contributed by atoms with Crippen molar-refractivity contribution in [3.8, 4) is 0 Å². The van der Waals surface area contributed by atoms with Gasteiger partial charge in [-0.3, -0.25) is 29.1 Å². The lowest BCUT2D eigenvalue weighted by Crippen LogP contribution is -2.52. The van der Waals surface area contributed by atoms with Gasteiger partial charge in [0, 0.05) is 67.6 Å². The molecule has 9 heteroatoms. The average Bonchev–Trinajstić information content (AvgIpc) is 3.66. The van der Waals surface area contributed by atoms with Crippen LogP contribution in [0.25, 0.3) is 0 Å². The molecule has 0 aromatic rings.